The molecule has 0 bridgehead atoms. The molecular weight excluding hydrogens is 314 g/mol. The summed E-state index contributed by atoms with van der Waals surface area (Å²) in [6, 6.07) is 15.9. The van der Waals surface area contributed by atoms with E-state index in [4.69, 9.17) is 11.6 Å². The fraction of sp³-hybridized carbons (Fsp3) is 0. The maximum Gasteiger partial charge on any atom is 0.264 e. The summed E-state index contributed by atoms with van der Waals surface area (Å²) < 4.78 is 0. The third-order valence-corrected chi connectivity index (χ3v) is 3.41. The average molecular weight is 326 g/mol. The second-order valence-corrected chi connectivity index (χ2v) is 5.24. The van der Waals surface area contributed by atoms with Gasteiger partial charge in [-0.1, -0.05) is 48.0 Å². The van der Waals surface area contributed by atoms with Crippen molar-refractivity contribution in [3.63, 3.8) is 0 Å². The predicted molar refractivity (Wildman–Crippen MR) is 89.7 cm³/mol. The van der Waals surface area contributed by atoms with Crippen LogP contribution in [0.3, 0.4) is 0 Å². The molecule has 0 atom stereocenters. The predicted octanol–water partition coefficient (Wildman–Crippen LogP) is 3.34. The number of aromatic nitrogens is 2. The van der Waals surface area contributed by atoms with Crippen molar-refractivity contribution in [3.05, 3.63) is 81.7 Å². The summed E-state index contributed by atoms with van der Waals surface area (Å²) in [5.74, 6) is -0.129. The summed E-state index contributed by atoms with van der Waals surface area (Å²) >= 11 is 5.86. The molecule has 6 heteroatoms. The summed E-state index contributed by atoms with van der Waals surface area (Å²) in [5.41, 5.74) is 0.712. The number of amides is 1. The normalized spacial score (nSPS) is 10.3. The van der Waals surface area contributed by atoms with E-state index in [9.17, 15) is 9.59 Å². The van der Waals surface area contributed by atoms with E-state index in [0.717, 1.165) is 5.56 Å². The number of rotatable bonds is 3. The fourth-order valence-corrected chi connectivity index (χ4v) is 2.25. The topological polar surface area (TPSA) is 74.8 Å². The maximum absolute atomic E-state index is 12.2. The maximum atomic E-state index is 12.2. The molecule has 2 N–H and O–H groups in total. The first-order valence-corrected chi connectivity index (χ1v) is 7.23. The van der Waals surface area contributed by atoms with Crippen molar-refractivity contribution in [2.45, 2.75) is 0 Å². The van der Waals surface area contributed by atoms with Crippen LogP contribution in [0.1, 0.15) is 10.4 Å². The number of H-pyrrole nitrogens is 1. The van der Waals surface area contributed by atoms with Crippen LogP contribution in [-0.4, -0.2) is 15.9 Å². The Morgan fingerprint density at radius 1 is 1.09 bits per heavy atom. The number of carbonyl (C=O) groups is 1. The van der Waals surface area contributed by atoms with Crippen molar-refractivity contribution in [1.29, 1.82) is 0 Å². The Balaban J connectivity index is 1.86. The summed E-state index contributed by atoms with van der Waals surface area (Å²) in [7, 11) is 0. The van der Waals surface area contributed by atoms with Crippen LogP contribution < -0.4 is 10.9 Å². The lowest BCUT2D eigenvalue weighted by molar-refractivity contribution is 0.102. The highest BCUT2D eigenvalue weighted by atomic mass is 35.5. The summed E-state index contributed by atoms with van der Waals surface area (Å²) in [5, 5.41) is 3.11. The molecule has 0 unspecified atom stereocenters. The van der Waals surface area contributed by atoms with Gasteiger partial charge in [0.25, 0.3) is 11.5 Å². The monoisotopic (exact) mass is 325 g/mol. The summed E-state index contributed by atoms with van der Waals surface area (Å²) in [6.45, 7) is 0. The van der Waals surface area contributed by atoms with Crippen LogP contribution in [0, 0.1) is 0 Å². The van der Waals surface area contributed by atoms with Gasteiger partial charge in [-0.25, -0.2) is 4.98 Å². The van der Waals surface area contributed by atoms with E-state index in [1.54, 1.807) is 24.3 Å². The largest absolute Gasteiger partial charge is 0.322 e. The molecule has 1 aromatic heterocycles. The molecule has 0 aliphatic carbocycles. The van der Waals surface area contributed by atoms with Gasteiger partial charge in [0.15, 0.2) is 0 Å². The van der Waals surface area contributed by atoms with Gasteiger partial charge in [0, 0.05) is 22.5 Å². The van der Waals surface area contributed by atoms with Gasteiger partial charge in [-0.2, -0.15) is 0 Å². The Labute approximate surface area is 137 Å². The number of nitrogens with one attached hydrogen (secondary N) is 2. The van der Waals surface area contributed by atoms with Crippen molar-refractivity contribution in [2.75, 3.05) is 5.32 Å². The van der Waals surface area contributed by atoms with Gasteiger partial charge in [0.05, 0.1) is 0 Å². The number of benzene rings is 2. The lowest BCUT2D eigenvalue weighted by atomic mass is 10.2. The first kappa shape index (κ1) is 15.0. The van der Waals surface area contributed by atoms with Crippen molar-refractivity contribution >= 4 is 23.2 Å². The number of hydrogen-bond donors (Lipinski definition) is 2. The molecule has 114 valence electrons. The highest BCUT2D eigenvalue weighted by Crippen LogP contribution is 2.16. The fourth-order valence-electron chi connectivity index (χ4n) is 2.06. The highest BCUT2D eigenvalue weighted by molar-refractivity contribution is 6.30. The van der Waals surface area contributed by atoms with E-state index in [2.05, 4.69) is 15.3 Å². The Morgan fingerprint density at radius 3 is 2.57 bits per heavy atom. The Hall–Kier alpha value is -2.92. The van der Waals surface area contributed by atoms with Gasteiger partial charge < -0.3 is 10.3 Å². The van der Waals surface area contributed by atoms with Gasteiger partial charge in [-0.15, -0.1) is 0 Å². The Morgan fingerprint density at radius 2 is 1.87 bits per heavy atom. The number of halogens is 1. The average Bonchev–Trinajstić information content (AvgIpc) is 2.55. The SMILES string of the molecule is O=C(Nc1cccc(Cl)c1)c1cnc(-c2ccccc2)[nH]c1=O. The van der Waals surface area contributed by atoms with Crippen molar-refractivity contribution < 1.29 is 4.79 Å². The van der Waals surface area contributed by atoms with Crippen molar-refractivity contribution in [2.24, 2.45) is 0 Å². The van der Waals surface area contributed by atoms with E-state index in [0.29, 0.717) is 16.5 Å². The molecular formula is C17H12ClN3O2. The van der Waals surface area contributed by atoms with E-state index in [1.165, 1.54) is 6.20 Å². The minimum Gasteiger partial charge on any atom is -0.322 e. The molecule has 3 aromatic rings. The Bertz CT molecular complexity index is 907. The van der Waals surface area contributed by atoms with E-state index in [1.807, 2.05) is 30.3 Å². The summed E-state index contributed by atoms with van der Waals surface area (Å²) in [6.07, 6.45) is 1.26. The summed E-state index contributed by atoms with van der Waals surface area (Å²) in [4.78, 5) is 31.1. The van der Waals surface area contributed by atoms with Crippen LogP contribution in [0.4, 0.5) is 5.69 Å². The van der Waals surface area contributed by atoms with Gasteiger partial charge in [0.1, 0.15) is 11.4 Å². The molecule has 3 rings (SSSR count). The second-order valence-electron chi connectivity index (χ2n) is 4.81. The zero-order valence-corrected chi connectivity index (χ0v) is 12.7. The molecule has 0 saturated heterocycles. The minimum atomic E-state index is -0.541. The van der Waals surface area contributed by atoms with Gasteiger partial charge in [-0.3, -0.25) is 9.59 Å². The molecule has 1 amide bonds. The van der Waals surface area contributed by atoms with Gasteiger partial charge in [0.2, 0.25) is 0 Å². The van der Waals surface area contributed by atoms with Crippen LogP contribution in [0.25, 0.3) is 11.4 Å². The molecule has 2 aromatic carbocycles. The number of carbonyl (C=O) groups excluding carboxylic acids is 1. The van der Waals surface area contributed by atoms with Crippen LogP contribution in [0.5, 0.6) is 0 Å². The third kappa shape index (κ3) is 3.46. The van der Waals surface area contributed by atoms with E-state index < -0.39 is 11.5 Å². The molecule has 5 nitrogen and oxygen atoms in total. The number of aromatic amines is 1. The molecule has 0 saturated carbocycles. The first-order chi connectivity index (χ1) is 11.1. The second kappa shape index (κ2) is 6.46. The molecule has 0 fully saturated rings. The van der Waals surface area contributed by atoms with Crippen LogP contribution in [0.15, 0.2) is 65.6 Å². The zero-order valence-electron chi connectivity index (χ0n) is 11.9. The standard InChI is InChI=1S/C17H12ClN3O2/c18-12-7-4-8-13(9-12)20-16(22)14-10-19-15(21-17(14)23)11-5-2-1-3-6-11/h1-10H,(H,20,22)(H,19,21,23). The molecule has 0 aliphatic rings. The zero-order chi connectivity index (χ0) is 16.2. The molecule has 0 radical (unpaired) electrons. The molecule has 0 spiro atoms. The van der Waals surface area contributed by atoms with Crippen LogP contribution in [-0.2, 0) is 0 Å². The number of nitrogens with zero attached hydrogens (tertiary/aromatic N) is 1. The van der Waals surface area contributed by atoms with Crippen molar-refractivity contribution in [1.82, 2.24) is 9.97 Å². The number of anilines is 1. The quantitative estimate of drug-likeness (QED) is 0.775. The number of hydrogen-bond acceptors (Lipinski definition) is 3. The third-order valence-electron chi connectivity index (χ3n) is 3.17. The highest BCUT2D eigenvalue weighted by Gasteiger charge is 2.13. The van der Waals surface area contributed by atoms with E-state index >= 15 is 0 Å². The molecule has 23 heavy (non-hydrogen) atoms. The lowest BCUT2D eigenvalue weighted by Gasteiger charge is -2.06. The molecule has 0 aliphatic heterocycles. The smallest absolute Gasteiger partial charge is 0.264 e. The molecule has 1 heterocycles. The minimum absolute atomic E-state index is 0.0651. The Kier molecular flexibility index (Phi) is 4.21. The lowest BCUT2D eigenvalue weighted by Crippen LogP contribution is -2.24. The van der Waals surface area contributed by atoms with Gasteiger partial charge in [-0.05, 0) is 18.2 Å². The van der Waals surface area contributed by atoms with Crippen LogP contribution in [0.2, 0.25) is 5.02 Å². The van der Waals surface area contributed by atoms with Gasteiger partial charge >= 0.3 is 0 Å². The van der Waals surface area contributed by atoms with E-state index in [-0.39, 0.29) is 5.56 Å². The first-order valence-electron chi connectivity index (χ1n) is 6.85. The van der Waals surface area contributed by atoms with Crippen molar-refractivity contribution in [3.8, 4) is 11.4 Å². The van der Waals surface area contributed by atoms with Crippen LogP contribution >= 0.6 is 11.6 Å².